The average molecular weight is 500 g/mol. The van der Waals surface area contributed by atoms with Crippen molar-refractivity contribution in [3.63, 3.8) is 0 Å². The molecule has 0 unspecified atom stereocenters. The molecule has 0 radical (unpaired) electrons. The topological polar surface area (TPSA) is 95.6 Å². The van der Waals surface area contributed by atoms with Crippen LogP contribution in [-0.4, -0.2) is 32.5 Å². The molecule has 9 heteroatoms. The molecule has 2 amide bonds. The fourth-order valence-corrected chi connectivity index (χ4v) is 4.82. The van der Waals surface area contributed by atoms with Crippen LogP contribution in [0.25, 0.3) is 0 Å². The van der Waals surface area contributed by atoms with Crippen molar-refractivity contribution in [1.29, 1.82) is 0 Å². The second kappa shape index (κ2) is 10.7. The van der Waals surface area contributed by atoms with Gasteiger partial charge >= 0.3 is 0 Å². The molecule has 0 aliphatic rings. The van der Waals surface area contributed by atoms with Crippen molar-refractivity contribution in [1.82, 2.24) is 5.32 Å². The Labute approximate surface area is 204 Å². The number of halogens is 1. The van der Waals surface area contributed by atoms with Crippen LogP contribution in [0.4, 0.5) is 11.4 Å². The number of anilines is 2. The fraction of sp³-hybridized carbons (Fsp3) is 0.200. The first-order valence-corrected chi connectivity index (χ1v) is 12.8. The van der Waals surface area contributed by atoms with Crippen molar-refractivity contribution in [3.05, 3.63) is 95.0 Å². The summed E-state index contributed by atoms with van der Waals surface area (Å²) in [6.45, 7) is 3.34. The third-order valence-corrected chi connectivity index (χ3v) is 6.74. The van der Waals surface area contributed by atoms with E-state index >= 15 is 0 Å². The molecule has 0 fully saturated rings. The van der Waals surface area contributed by atoms with E-state index in [1.165, 1.54) is 19.1 Å². The van der Waals surface area contributed by atoms with Gasteiger partial charge in [0.25, 0.3) is 5.91 Å². The molecular formula is C25H26ClN3O4S. The van der Waals surface area contributed by atoms with Gasteiger partial charge in [0.15, 0.2) is 0 Å². The van der Waals surface area contributed by atoms with Crippen molar-refractivity contribution < 1.29 is 18.0 Å². The molecule has 2 atom stereocenters. The summed E-state index contributed by atoms with van der Waals surface area (Å²) >= 11 is 5.92. The predicted octanol–water partition coefficient (Wildman–Crippen LogP) is 4.62. The SMILES string of the molecule is C[C@H](NC(=O)c1ccccc1NC(=O)[C@H](C)N(c1ccc(Cl)cc1)S(C)(=O)=O)c1ccccc1. The van der Waals surface area contributed by atoms with Crippen LogP contribution >= 0.6 is 11.6 Å². The summed E-state index contributed by atoms with van der Waals surface area (Å²) in [5.41, 5.74) is 1.79. The highest BCUT2D eigenvalue weighted by Gasteiger charge is 2.30. The number of rotatable bonds is 8. The summed E-state index contributed by atoms with van der Waals surface area (Å²) in [6, 6.07) is 20.9. The molecule has 0 saturated carbocycles. The van der Waals surface area contributed by atoms with Crippen molar-refractivity contribution in [2.75, 3.05) is 15.9 Å². The van der Waals surface area contributed by atoms with Crippen LogP contribution in [0.3, 0.4) is 0 Å². The Morgan fingerprint density at radius 2 is 1.47 bits per heavy atom. The number of hydrogen-bond acceptors (Lipinski definition) is 4. The van der Waals surface area contributed by atoms with Crippen LogP contribution in [-0.2, 0) is 14.8 Å². The normalized spacial score (nSPS) is 12.9. The molecule has 34 heavy (non-hydrogen) atoms. The van der Waals surface area contributed by atoms with E-state index in [9.17, 15) is 18.0 Å². The largest absolute Gasteiger partial charge is 0.345 e. The number of sulfonamides is 1. The van der Waals surface area contributed by atoms with Crippen LogP contribution in [0, 0.1) is 0 Å². The van der Waals surface area contributed by atoms with E-state index in [0.29, 0.717) is 10.7 Å². The minimum Gasteiger partial charge on any atom is -0.345 e. The van der Waals surface area contributed by atoms with Gasteiger partial charge in [0.1, 0.15) is 6.04 Å². The minimum absolute atomic E-state index is 0.248. The first-order chi connectivity index (χ1) is 16.1. The van der Waals surface area contributed by atoms with Crippen molar-refractivity contribution in [2.24, 2.45) is 0 Å². The van der Waals surface area contributed by atoms with Gasteiger partial charge in [-0.3, -0.25) is 13.9 Å². The molecule has 0 heterocycles. The predicted molar refractivity (Wildman–Crippen MR) is 136 cm³/mol. The van der Waals surface area contributed by atoms with Gasteiger partial charge in [0, 0.05) is 5.02 Å². The van der Waals surface area contributed by atoms with Crippen LogP contribution in [0.15, 0.2) is 78.9 Å². The molecule has 3 rings (SSSR count). The van der Waals surface area contributed by atoms with Gasteiger partial charge in [-0.25, -0.2) is 8.42 Å². The van der Waals surface area contributed by atoms with Gasteiger partial charge in [-0.1, -0.05) is 54.1 Å². The van der Waals surface area contributed by atoms with Crippen molar-refractivity contribution >= 4 is 44.8 Å². The molecular weight excluding hydrogens is 474 g/mol. The second-order valence-electron chi connectivity index (χ2n) is 7.85. The number of carbonyl (C=O) groups excluding carboxylic acids is 2. The molecule has 2 N–H and O–H groups in total. The van der Waals surface area contributed by atoms with Crippen molar-refractivity contribution in [3.8, 4) is 0 Å². The summed E-state index contributed by atoms with van der Waals surface area (Å²) in [7, 11) is -3.79. The lowest BCUT2D eigenvalue weighted by Crippen LogP contribution is -2.45. The Morgan fingerprint density at radius 1 is 0.882 bits per heavy atom. The molecule has 3 aromatic carbocycles. The lowest BCUT2D eigenvalue weighted by molar-refractivity contribution is -0.116. The summed E-state index contributed by atoms with van der Waals surface area (Å²) in [5.74, 6) is -0.950. The Kier molecular flexibility index (Phi) is 7.96. The highest BCUT2D eigenvalue weighted by Crippen LogP contribution is 2.24. The van der Waals surface area contributed by atoms with Gasteiger partial charge in [-0.15, -0.1) is 0 Å². The number of nitrogens with zero attached hydrogens (tertiary/aromatic N) is 1. The van der Waals surface area contributed by atoms with Crippen LogP contribution in [0.2, 0.25) is 5.02 Å². The summed E-state index contributed by atoms with van der Waals surface area (Å²) in [6.07, 6.45) is 1.03. The Morgan fingerprint density at radius 3 is 2.09 bits per heavy atom. The molecule has 0 aromatic heterocycles. The van der Waals surface area contributed by atoms with E-state index in [-0.39, 0.29) is 23.2 Å². The van der Waals surface area contributed by atoms with Crippen LogP contribution < -0.4 is 14.9 Å². The summed E-state index contributed by atoms with van der Waals surface area (Å²) < 4.78 is 26.0. The molecule has 0 aliphatic carbocycles. The van der Waals surface area contributed by atoms with Crippen LogP contribution in [0.5, 0.6) is 0 Å². The number of amides is 2. The summed E-state index contributed by atoms with van der Waals surface area (Å²) in [5, 5.41) is 6.07. The molecule has 7 nitrogen and oxygen atoms in total. The molecule has 3 aromatic rings. The van der Waals surface area contributed by atoms with E-state index in [4.69, 9.17) is 11.6 Å². The van der Waals surface area contributed by atoms with Gasteiger partial charge in [0.2, 0.25) is 15.9 Å². The van der Waals surface area contributed by atoms with E-state index in [0.717, 1.165) is 16.1 Å². The smallest absolute Gasteiger partial charge is 0.253 e. The maximum absolute atomic E-state index is 13.1. The van der Waals surface area contributed by atoms with Gasteiger partial charge < -0.3 is 10.6 Å². The molecule has 0 bridgehead atoms. The Hall–Kier alpha value is -3.36. The standard InChI is InChI=1S/C25H26ClN3O4S/c1-17(19-9-5-4-6-10-19)27-25(31)22-11-7-8-12-23(22)28-24(30)18(2)29(34(3,32)33)21-15-13-20(26)14-16-21/h4-18H,1-3H3,(H,27,31)(H,28,30)/t17-,18-/m0/s1. The van der Waals surface area contributed by atoms with Gasteiger partial charge in [-0.05, 0) is 55.8 Å². The fourth-order valence-electron chi connectivity index (χ4n) is 3.52. The maximum atomic E-state index is 13.1. The Bertz CT molecular complexity index is 1260. The maximum Gasteiger partial charge on any atom is 0.253 e. The average Bonchev–Trinajstić information content (AvgIpc) is 2.80. The number of nitrogens with one attached hydrogen (secondary N) is 2. The highest BCUT2D eigenvalue weighted by atomic mass is 35.5. The lowest BCUT2D eigenvalue weighted by Gasteiger charge is -2.28. The third-order valence-electron chi connectivity index (χ3n) is 5.25. The quantitative estimate of drug-likeness (QED) is 0.472. The first-order valence-electron chi connectivity index (χ1n) is 10.6. The van der Waals surface area contributed by atoms with Gasteiger partial charge in [-0.2, -0.15) is 0 Å². The van der Waals surface area contributed by atoms with E-state index in [1.54, 1.807) is 36.4 Å². The third kappa shape index (κ3) is 6.15. The number of benzene rings is 3. The zero-order valence-electron chi connectivity index (χ0n) is 19.0. The van der Waals surface area contributed by atoms with Crippen molar-refractivity contribution in [2.45, 2.75) is 25.9 Å². The van der Waals surface area contributed by atoms with E-state index in [1.807, 2.05) is 37.3 Å². The monoisotopic (exact) mass is 499 g/mol. The Balaban J connectivity index is 1.81. The molecule has 0 saturated heterocycles. The first kappa shape index (κ1) is 25.3. The number of hydrogen-bond donors (Lipinski definition) is 2. The van der Waals surface area contributed by atoms with Crippen LogP contribution in [0.1, 0.15) is 35.8 Å². The zero-order chi connectivity index (χ0) is 24.9. The highest BCUT2D eigenvalue weighted by molar-refractivity contribution is 7.92. The number of para-hydroxylation sites is 1. The molecule has 178 valence electrons. The zero-order valence-corrected chi connectivity index (χ0v) is 20.6. The second-order valence-corrected chi connectivity index (χ2v) is 10.1. The lowest BCUT2D eigenvalue weighted by atomic mass is 10.1. The van der Waals surface area contributed by atoms with Gasteiger partial charge in [0.05, 0.1) is 29.2 Å². The summed E-state index contributed by atoms with van der Waals surface area (Å²) in [4.78, 5) is 26.1. The number of carbonyl (C=O) groups is 2. The molecule has 0 aliphatic heterocycles. The minimum atomic E-state index is -3.79. The van der Waals surface area contributed by atoms with E-state index < -0.39 is 22.0 Å². The molecule has 0 spiro atoms. The van der Waals surface area contributed by atoms with E-state index in [2.05, 4.69) is 10.6 Å².